The van der Waals surface area contributed by atoms with Gasteiger partial charge in [0.2, 0.25) is 10.0 Å². The Hall–Kier alpha value is -1.56. The molecule has 0 bridgehead atoms. The van der Waals surface area contributed by atoms with Crippen molar-refractivity contribution in [2.45, 2.75) is 11.8 Å². The Bertz CT molecular complexity index is 800. The van der Waals surface area contributed by atoms with Gasteiger partial charge in [-0.3, -0.25) is 0 Å². The number of rotatable bonds is 3. The van der Waals surface area contributed by atoms with Crippen molar-refractivity contribution < 1.29 is 8.42 Å². The summed E-state index contributed by atoms with van der Waals surface area (Å²) in [5.41, 5.74) is 2.38. The fraction of sp³-hybridized carbons (Fsp3) is 0.294. The summed E-state index contributed by atoms with van der Waals surface area (Å²) in [6.45, 7) is 4.39. The Labute approximate surface area is 142 Å². The highest BCUT2D eigenvalue weighted by Gasteiger charge is 2.28. The fourth-order valence-electron chi connectivity index (χ4n) is 2.86. The van der Waals surface area contributed by atoms with Crippen molar-refractivity contribution in [2.24, 2.45) is 0 Å². The average molecular weight is 351 g/mol. The zero-order valence-corrected chi connectivity index (χ0v) is 14.5. The molecule has 122 valence electrons. The van der Waals surface area contributed by atoms with Gasteiger partial charge in [-0.05, 0) is 36.8 Å². The Kier molecular flexibility index (Phi) is 4.62. The van der Waals surface area contributed by atoms with Crippen LogP contribution in [0.1, 0.15) is 5.56 Å². The van der Waals surface area contributed by atoms with Crippen molar-refractivity contribution in [1.82, 2.24) is 4.31 Å². The van der Waals surface area contributed by atoms with Gasteiger partial charge in [-0.1, -0.05) is 35.9 Å². The van der Waals surface area contributed by atoms with Gasteiger partial charge in [-0.2, -0.15) is 4.31 Å². The standard InChI is InChI=1S/C17H19ClN2O2S/c1-14-5-2-3-8-17(14)19-9-11-20(12-10-19)23(21,22)16-7-4-6-15(18)13-16/h2-8,13H,9-12H2,1H3. The Morgan fingerprint density at radius 1 is 0.957 bits per heavy atom. The topological polar surface area (TPSA) is 40.6 Å². The van der Waals surface area contributed by atoms with Gasteiger partial charge >= 0.3 is 0 Å². The SMILES string of the molecule is Cc1ccccc1N1CCN(S(=O)(=O)c2cccc(Cl)c2)CC1. The lowest BCUT2D eigenvalue weighted by atomic mass is 10.1. The predicted molar refractivity (Wildman–Crippen MR) is 93.6 cm³/mol. The van der Waals surface area contributed by atoms with Gasteiger partial charge in [0.1, 0.15) is 0 Å². The molecule has 0 saturated carbocycles. The van der Waals surface area contributed by atoms with Crippen molar-refractivity contribution in [2.75, 3.05) is 31.1 Å². The third-order valence-corrected chi connectivity index (χ3v) is 6.26. The van der Waals surface area contributed by atoms with Gasteiger partial charge in [-0.15, -0.1) is 0 Å². The van der Waals surface area contributed by atoms with Gasteiger partial charge in [-0.25, -0.2) is 8.42 Å². The maximum atomic E-state index is 12.7. The minimum absolute atomic E-state index is 0.259. The molecule has 23 heavy (non-hydrogen) atoms. The average Bonchev–Trinajstić information content (AvgIpc) is 2.55. The van der Waals surface area contributed by atoms with E-state index in [-0.39, 0.29) is 4.90 Å². The molecule has 0 atom stereocenters. The number of piperazine rings is 1. The molecule has 0 N–H and O–H groups in total. The minimum atomic E-state index is -3.48. The first kappa shape index (κ1) is 16.3. The molecular formula is C17H19ClN2O2S. The molecule has 6 heteroatoms. The number of benzene rings is 2. The molecule has 0 amide bonds. The third kappa shape index (κ3) is 3.37. The summed E-state index contributed by atoms with van der Waals surface area (Å²) < 4.78 is 26.9. The van der Waals surface area contributed by atoms with Gasteiger partial charge in [0.15, 0.2) is 0 Å². The van der Waals surface area contributed by atoms with Crippen LogP contribution < -0.4 is 4.90 Å². The Balaban J connectivity index is 1.75. The monoisotopic (exact) mass is 350 g/mol. The molecule has 1 heterocycles. The molecule has 1 aliphatic rings. The summed E-state index contributed by atoms with van der Waals surface area (Å²) in [7, 11) is -3.48. The van der Waals surface area contributed by atoms with E-state index in [4.69, 9.17) is 11.6 Å². The van der Waals surface area contributed by atoms with E-state index in [0.717, 1.165) is 0 Å². The summed E-state index contributed by atoms with van der Waals surface area (Å²) in [5.74, 6) is 0. The van der Waals surface area contributed by atoms with Crippen LogP contribution in [-0.2, 0) is 10.0 Å². The van der Waals surface area contributed by atoms with E-state index in [1.165, 1.54) is 21.6 Å². The second-order valence-corrected chi connectivity index (χ2v) is 8.01. The van der Waals surface area contributed by atoms with Crippen LogP contribution in [0.5, 0.6) is 0 Å². The highest BCUT2D eigenvalue weighted by molar-refractivity contribution is 7.89. The lowest BCUT2D eigenvalue weighted by Gasteiger charge is -2.36. The molecule has 0 unspecified atom stereocenters. The van der Waals surface area contributed by atoms with E-state index in [1.807, 2.05) is 12.1 Å². The quantitative estimate of drug-likeness (QED) is 0.853. The number of hydrogen-bond acceptors (Lipinski definition) is 3. The number of para-hydroxylation sites is 1. The molecule has 1 aliphatic heterocycles. The van der Waals surface area contributed by atoms with Crippen LogP contribution in [0, 0.1) is 6.92 Å². The molecule has 0 aliphatic carbocycles. The summed E-state index contributed by atoms with van der Waals surface area (Å²) in [4.78, 5) is 2.49. The lowest BCUT2D eigenvalue weighted by Crippen LogP contribution is -2.48. The number of hydrogen-bond donors (Lipinski definition) is 0. The second kappa shape index (κ2) is 6.51. The van der Waals surface area contributed by atoms with Crippen LogP contribution in [0.3, 0.4) is 0 Å². The number of anilines is 1. The molecule has 0 radical (unpaired) electrons. The first-order chi connectivity index (χ1) is 11.0. The van der Waals surface area contributed by atoms with Crippen molar-refractivity contribution >= 4 is 27.3 Å². The summed E-state index contributed by atoms with van der Waals surface area (Å²) in [5, 5.41) is 0.435. The van der Waals surface area contributed by atoms with E-state index < -0.39 is 10.0 Å². The van der Waals surface area contributed by atoms with Gasteiger partial charge < -0.3 is 4.90 Å². The number of sulfonamides is 1. The van der Waals surface area contributed by atoms with E-state index in [9.17, 15) is 8.42 Å². The van der Waals surface area contributed by atoms with Crippen LogP contribution in [0.15, 0.2) is 53.4 Å². The first-order valence-electron chi connectivity index (χ1n) is 7.55. The zero-order valence-electron chi connectivity index (χ0n) is 12.9. The molecule has 1 fully saturated rings. The fourth-order valence-corrected chi connectivity index (χ4v) is 4.59. The molecule has 1 saturated heterocycles. The van der Waals surface area contributed by atoms with Crippen LogP contribution in [0.4, 0.5) is 5.69 Å². The predicted octanol–water partition coefficient (Wildman–Crippen LogP) is 3.16. The first-order valence-corrected chi connectivity index (χ1v) is 9.36. The van der Waals surface area contributed by atoms with E-state index >= 15 is 0 Å². The zero-order chi connectivity index (χ0) is 16.4. The van der Waals surface area contributed by atoms with E-state index in [0.29, 0.717) is 31.2 Å². The number of nitrogens with zero attached hydrogens (tertiary/aromatic N) is 2. The van der Waals surface area contributed by atoms with Crippen molar-refractivity contribution in [3.05, 3.63) is 59.1 Å². The van der Waals surface area contributed by atoms with E-state index in [2.05, 4.69) is 24.0 Å². The van der Waals surface area contributed by atoms with Crippen molar-refractivity contribution in [1.29, 1.82) is 0 Å². The molecule has 0 aromatic heterocycles. The Morgan fingerprint density at radius 2 is 1.65 bits per heavy atom. The van der Waals surface area contributed by atoms with Gasteiger partial charge in [0, 0.05) is 36.9 Å². The summed E-state index contributed by atoms with van der Waals surface area (Å²) >= 11 is 5.92. The highest BCUT2D eigenvalue weighted by Crippen LogP contribution is 2.24. The van der Waals surface area contributed by atoms with Crippen molar-refractivity contribution in [3.63, 3.8) is 0 Å². The molecule has 2 aromatic rings. The third-order valence-electron chi connectivity index (χ3n) is 4.13. The lowest BCUT2D eigenvalue weighted by molar-refractivity contribution is 0.385. The van der Waals surface area contributed by atoms with Crippen LogP contribution in [0.2, 0.25) is 5.02 Å². The van der Waals surface area contributed by atoms with Gasteiger partial charge in [0.25, 0.3) is 0 Å². The molecular weight excluding hydrogens is 332 g/mol. The van der Waals surface area contributed by atoms with E-state index in [1.54, 1.807) is 18.2 Å². The van der Waals surface area contributed by atoms with Crippen molar-refractivity contribution in [3.8, 4) is 0 Å². The number of aryl methyl sites for hydroxylation is 1. The Morgan fingerprint density at radius 3 is 2.30 bits per heavy atom. The number of halogens is 1. The molecule has 4 nitrogen and oxygen atoms in total. The second-order valence-electron chi connectivity index (χ2n) is 5.63. The van der Waals surface area contributed by atoms with Gasteiger partial charge in [0.05, 0.1) is 4.90 Å². The van der Waals surface area contributed by atoms with Crippen LogP contribution in [-0.4, -0.2) is 38.9 Å². The minimum Gasteiger partial charge on any atom is -0.369 e. The maximum absolute atomic E-state index is 12.7. The molecule has 0 spiro atoms. The summed E-state index contributed by atoms with van der Waals surface area (Å²) in [6.07, 6.45) is 0. The molecule has 2 aromatic carbocycles. The van der Waals surface area contributed by atoms with Crippen LogP contribution in [0.25, 0.3) is 0 Å². The molecule has 3 rings (SSSR count). The largest absolute Gasteiger partial charge is 0.369 e. The van der Waals surface area contributed by atoms with Crippen LogP contribution >= 0.6 is 11.6 Å². The highest BCUT2D eigenvalue weighted by atomic mass is 35.5. The maximum Gasteiger partial charge on any atom is 0.243 e. The normalized spacial score (nSPS) is 16.5. The summed E-state index contributed by atoms with van der Waals surface area (Å²) in [6, 6.07) is 14.6. The smallest absolute Gasteiger partial charge is 0.243 e.